The van der Waals surface area contributed by atoms with Gasteiger partial charge in [0.25, 0.3) is 0 Å². The Morgan fingerprint density at radius 2 is 2.10 bits per heavy atom. The summed E-state index contributed by atoms with van der Waals surface area (Å²) in [6.45, 7) is 6.28. The van der Waals surface area contributed by atoms with Gasteiger partial charge < -0.3 is 5.32 Å². The van der Waals surface area contributed by atoms with Gasteiger partial charge in [-0.2, -0.15) is 0 Å². The van der Waals surface area contributed by atoms with Crippen LogP contribution < -0.4 is 5.32 Å². The van der Waals surface area contributed by atoms with Crippen LogP contribution in [0.5, 0.6) is 0 Å². The maximum absolute atomic E-state index is 6.21. The van der Waals surface area contributed by atoms with Crippen LogP contribution in [0.15, 0.2) is 18.2 Å². The molecule has 0 fully saturated rings. The molecule has 1 atom stereocenters. The third-order valence-corrected chi connectivity index (χ3v) is 4.09. The zero-order valence-electron chi connectivity index (χ0n) is 12.4. The van der Waals surface area contributed by atoms with Crippen molar-refractivity contribution in [3.63, 3.8) is 0 Å². The highest BCUT2D eigenvalue weighted by molar-refractivity contribution is 6.31. The number of aromatic nitrogens is 3. The largest absolute Gasteiger partial charge is 0.312 e. The summed E-state index contributed by atoms with van der Waals surface area (Å²) in [4.78, 5) is 0. The van der Waals surface area contributed by atoms with Gasteiger partial charge in [-0.05, 0) is 44.5 Å². The van der Waals surface area contributed by atoms with Crippen LogP contribution in [-0.4, -0.2) is 22.0 Å². The van der Waals surface area contributed by atoms with Gasteiger partial charge in [0.05, 0.1) is 17.4 Å². The zero-order chi connectivity index (χ0) is 14.7. The third-order valence-electron chi connectivity index (χ3n) is 3.68. The van der Waals surface area contributed by atoms with E-state index in [1.807, 2.05) is 36.9 Å². The first-order valence-corrected chi connectivity index (χ1v) is 7.39. The Morgan fingerprint density at radius 3 is 2.70 bits per heavy atom. The molecule has 108 valence electrons. The topological polar surface area (TPSA) is 42.7 Å². The smallest absolute Gasteiger partial charge is 0.103 e. The van der Waals surface area contributed by atoms with Crippen LogP contribution in [0.25, 0.3) is 5.69 Å². The SMILES string of the molecule is CCc1c(C(CC)NC)nnn1-c1cccc(Cl)c1C. The molecule has 0 saturated carbocycles. The first-order chi connectivity index (χ1) is 9.63. The van der Waals surface area contributed by atoms with E-state index in [1.165, 1.54) is 0 Å². The van der Waals surface area contributed by atoms with Crippen LogP contribution in [0.2, 0.25) is 5.02 Å². The first kappa shape index (κ1) is 15.0. The average Bonchev–Trinajstić information content (AvgIpc) is 2.87. The quantitative estimate of drug-likeness (QED) is 0.918. The number of nitrogens with one attached hydrogen (secondary N) is 1. The van der Waals surface area contributed by atoms with Gasteiger partial charge >= 0.3 is 0 Å². The molecule has 20 heavy (non-hydrogen) atoms. The summed E-state index contributed by atoms with van der Waals surface area (Å²) in [5.41, 5.74) is 4.19. The fraction of sp³-hybridized carbons (Fsp3) is 0.467. The maximum atomic E-state index is 6.21. The van der Waals surface area contributed by atoms with Crippen LogP contribution in [0.4, 0.5) is 0 Å². The lowest BCUT2D eigenvalue weighted by Crippen LogP contribution is -2.17. The average molecular weight is 293 g/mol. The molecule has 2 rings (SSSR count). The molecular weight excluding hydrogens is 272 g/mol. The lowest BCUT2D eigenvalue weighted by Gasteiger charge is -2.14. The number of hydrogen-bond acceptors (Lipinski definition) is 3. The van der Waals surface area contributed by atoms with Gasteiger partial charge in [-0.15, -0.1) is 5.10 Å². The van der Waals surface area contributed by atoms with E-state index in [0.717, 1.165) is 40.5 Å². The summed E-state index contributed by atoms with van der Waals surface area (Å²) in [6.07, 6.45) is 1.86. The molecule has 0 aliphatic carbocycles. The second kappa shape index (κ2) is 6.37. The highest BCUT2D eigenvalue weighted by Gasteiger charge is 2.20. The minimum atomic E-state index is 0.234. The lowest BCUT2D eigenvalue weighted by molar-refractivity contribution is 0.555. The molecule has 0 amide bonds. The second-order valence-electron chi connectivity index (χ2n) is 4.82. The molecule has 0 radical (unpaired) electrons. The van der Waals surface area contributed by atoms with Crippen molar-refractivity contribution >= 4 is 11.6 Å². The normalized spacial score (nSPS) is 12.7. The van der Waals surface area contributed by atoms with Gasteiger partial charge in [-0.25, -0.2) is 4.68 Å². The summed E-state index contributed by atoms with van der Waals surface area (Å²) in [5, 5.41) is 12.8. The molecule has 5 heteroatoms. The molecule has 2 aromatic rings. The van der Waals surface area contributed by atoms with Crippen LogP contribution in [-0.2, 0) is 6.42 Å². The Bertz CT molecular complexity index is 588. The van der Waals surface area contributed by atoms with Gasteiger partial charge in [0.2, 0.25) is 0 Å². The standard InChI is InChI=1S/C15H21ClN4/c1-5-12(17-4)15-13(6-2)20(19-18-15)14-9-7-8-11(16)10(14)3/h7-9,12,17H,5-6H2,1-4H3. The van der Waals surface area contributed by atoms with Gasteiger partial charge in [-0.3, -0.25) is 0 Å². The highest BCUT2D eigenvalue weighted by atomic mass is 35.5. The summed E-state index contributed by atoms with van der Waals surface area (Å²) < 4.78 is 1.91. The van der Waals surface area contributed by atoms with E-state index in [1.54, 1.807) is 0 Å². The summed E-state index contributed by atoms with van der Waals surface area (Å²) in [5.74, 6) is 0. The zero-order valence-corrected chi connectivity index (χ0v) is 13.2. The van der Waals surface area contributed by atoms with E-state index in [0.29, 0.717) is 0 Å². The van der Waals surface area contributed by atoms with E-state index in [-0.39, 0.29) is 6.04 Å². The molecule has 1 N–H and O–H groups in total. The lowest BCUT2D eigenvalue weighted by atomic mass is 10.1. The maximum Gasteiger partial charge on any atom is 0.103 e. The molecule has 0 spiro atoms. The number of halogens is 1. The van der Waals surface area contributed by atoms with Crippen molar-refractivity contribution in [3.05, 3.63) is 40.2 Å². The van der Waals surface area contributed by atoms with E-state index in [4.69, 9.17) is 11.6 Å². The van der Waals surface area contributed by atoms with E-state index in [2.05, 4.69) is 29.5 Å². The molecule has 0 bridgehead atoms. The molecule has 1 aromatic carbocycles. The first-order valence-electron chi connectivity index (χ1n) is 7.01. The van der Waals surface area contributed by atoms with Gasteiger partial charge in [0.1, 0.15) is 5.69 Å². The van der Waals surface area contributed by atoms with Crippen LogP contribution in [0, 0.1) is 6.92 Å². The number of hydrogen-bond donors (Lipinski definition) is 1. The van der Waals surface area contributed by atoms with Gasteiger partial charge in [-0.1, -0.05) is 36.7 Å². The predicted octanol–water partition coefficient (Wildman–Crippen LogP) is 3.46. The van der Waals surface area contributed by atoms with Crippen LogP contribution in [0.1, 0.15) is 43.3 Å². The van der Waals surface area contributed by atoms with E-state index < -0.39 is 0 Å². The van der Waals surface area contributed by atoms with Crippen LogP contribution >= 0.6 is 11.6 Å². The third kappa shape index (κ3) is 2.58. The van der Waals surface area contributed by atoms with Crippen molar-refractivity contribution in [3.8, 4) is 5.69 Å². The molecule has 0 saturated heterocycles. The number of rotatable bonds is 5. The summed E-state index contributed by atoms with van der Waals surface area (Å²) in [6, 6.07) is 6.10. The van der Waals surface area contributed by atoms with Crippen molar-refractivity contribution in [2.24, 2.45) is 0 Å². The Morgan fingerprint density at radius 1 is 1.35 bits per heavy atom. The van der Waals surface area contributed by atoms with Gasteiger partial charge in [0, 0.05) is 5.02 Å². The van der Waals surface area contributed by atoms with Crippen molar-refractivity contribution in [2.75, 3.05) is 7.05 Å². The molecule has 0 aliphatic rings. The second-order valence-corrected chi connectivity index (χ2v) is 5.23. The van der Waals surface area contributed by atoms with Gasteiger partial charge in [0.15, 0.2) is 0 Å². The van der Waals surface area contributed by atoms with Crippen molar-refractivity contribution in [2.45, 2.75) is 39.7 Å². The highest BCUT2D eigenvalue weighted by Crippen LogP contribution is 2.26. The Kier molecular flexibility index (Phi) is 4.78. The molecular formula is C15H21ClN4. The Labute approximate surface area is 125 Å². The Balaban J connectivity index is 2.56. The number of benzene rings is 1. The Hall–Kier alpha value is -1.39. The van der Waals surface area contributed by atoms with Crippen molar-refractivity contribution in [1.29, 1.82) is 0 Å². The summed E-state index contributed by atoms with van der Waals surface area (Å²) in [7, 11) is 1.96. The molecule has 0 aliphatic heterocycles. The minimum Gasteiger partial charge on any atom is -0.312 e. The van der Waals surface area contributed by atoms with Crippen LogP contribution in [0.3, 0.4) is 0 Å². The fourth-order valence-electron chi connectivity index (χ4n) is 2.47. The number of nitrogens with zero attached hydrogens (tertiary/aromatic N) is 3. The monoisotopic (exact) mass is 292 g/mol. The molecule has 1 unspecified atom stereocenters. The molecule has 1 aromatic heterocycles. The van der Waals surface area contributed by atoms with Crippen molar-refractivity contribution < 1.29 is 0 Å². The molecule has 4 nitrogen and oxygen atoms in total. The predicted molar refractivity (Wildman–Crippen MR) is 82.6 cm³/mol. The molecule has 1 heterocycles. The fourth-order valence-corrected chi connectivity index (χ4v) is 2.64. The minimum absolute atomic E-state index is 0.234. The van der Waals surface area contributed by atoms with E-state index in [9.17, 15) is 0 Å². The van der Waals surface area contributed by atoms with E-state index >= 15 is 0 Å². The van der Waals surface area contributed by atoms with Crippen molar-refractivity contribution in [1.82, 2.24) is 20.3 Å². The summed E-state index contributed by atoms with van der Waals surface area (Å²) >= 11 is 6.21.